The maximum absolute atomic E-state index is 9.30. The second-order valence-electron chi connectivity index (χ2n) is 6.95. The lowest BCUT2D eigenvalue weighted by Crippen LogP contribution is -2.26. The van der Waals surface area contributed by atoms with Gasteiger partial charge in [-0.15, -0.1) is 0 Å². The van der Waals surface area contributed by atoms with E-state index in [2.05, 4.69) is 56.3 Å². The highest BCUT2D eigenvalue weighted by Crippen LogP contribution is 2.17. The van der Waals surface area contributed by atoms with Gasteiger partial charge in [0.15, 0.2) is 0 Å². The minimum absolute atomic E-state index is 0.0555. The summed E-state index contributed by atoms with van der Waals surface area (Å²) in [6.07, 6.45) is 3.06. The Morgan fingerprint density at radius 1 is 1.32 bits per heavy atom. The van der Waals surface area contributed by atoms with Crippen LogP contribution >= 0.6 is 0 Å². The van der Waals surface area contributed by atoms with Crippen LogP contribution in [0.4, 0.5) is 5.69 Å². The smallest absolute Gasteiger partial charge is 0.0724 e. The van der Waals surface area contributed by atoms with Gasteiger partial charge >= 0.3 is 0 Å². The molecule has 1 aromatic rings. The number of rotatable bonds is 10. The molecule has 140 valence electrons. The third-order valence-electron chi connectivity index (χ3n) is 4.55. The number of anilines is 1. The first-order chi connectivity index (χ1) is 11.9. The number of aliphatic hydroxyl groups is 1. The average Bonchev–Trinajstić information content (AvgIpc) is 2.62. The Balaban J connectivity index is 2.67. The number of benzene rings is 1. The van der Waals surface area contributed by atoms with Crippen LogP contribution in [0.1, 0.15) is 46.6 Å². The predicted octanol–water partition coefficient (Wildman–Crippen LogP) is 4.66. The zero-order chi connectivity index (χ0) is 18.8. The third kappa shape index (κ3) is 7.69. The van der Waals surface area contributed by atoms with Gasteiger partial charge in [0.05, 0.1) is 12.6 Å². The number of nitrogens with zero attached hydrogens (tertiary/aromatic N) is 3. The van der Waals surface area contributed by atoms with Gasteiger partial charge in [0, 0.05) is 25.3 Å². The minimum atomic E-state index is 0.0555. The third-order valence-corrected chi connectivity index (χ3v) is 4.55. The Kier molecular flexibility index (Phi) is 9.21. The van der Waals surface area contributed by atoms with E-state index in [1.807, 2.05) is 36.3 Å². The molecule has 25 heavy (non-hydrogen) atoms. The largest absolute Gasteiger partial charge is 0.392 e. The molecular formula is C20H34N4O. The Morgan fingerprint density at radius 3 is 2.64 bits per heavy atom. The highest BCUT2D eigenvalue weighted by Gasteiger charge is 2.12. The molecule has 2 unspecified atom stereocenters. The molecule has 5 heteroatoms. The van der Waals surface area contributed by atoms with Crippen molar-refractivity contribution in [2.24, 2.45) is 16.3 Å². The topological polar surface area (TPSA) is 60.2 Å². The first kappa shape index (κ1) is 21.2. The van der Waals surface area contributed by atoms with Crippen molar-refractivity contribution in [2.75, 3.05) is 18.9 Å². The molecule has 0 amide bonds. The molecule has 5 nitrogen and oxygen atoms in total. The van der Waals surface area contributed by atoms with Crippen LogP contribution in [-0.4, -0.2) is 35.8 Å². The van der Waals surface area contributed by atoms with E-state index < -0.39 is 0 Å². The monoisotopic (exact) mass is 346 g/mol. The molecule has 0 aromatic heterocycles. The molecule has 1 aromatic carbocycles. The van der Waals surface area contributed by atoms with Crippen LogP contribution < -0.4 is 5.32 Å². The van der Waals surface area contributed by atoms with Crippen LogP contribution in [0.2, 0.25) is 0 Å². The fraction of sp³-hybridized carbons (Fsp3) is 0.600. The van der Waals surface area contributed by atoms with E-state index >= 15 is 0 Å². The Bertz CT molecular complexity index is 569. The van der Waals surface area contributed by atoms with E-state index in [-0.39, 0.29) is 18.7 Å². The number of hydrogen-bond acceptors (Lipinski definition) is 4. The molecule has 2 N–H and O–H groups in total. The van der Waals surface area contributed by atoms with Crippen molar-refractivity contribution in [1.82, 2.24) is 5.01 Å². The number of aliphatic hydroxyl groups excluding tert-OH is 1. The average molecular weight is 347 g/mol. The van der Waals surface area contributed by atoms with Gasteiger partial charge in [-0.2, -0.15) is 5.11 Å². The second-order valence-corrected chi connectivity index (χ2v) is 6.95. The molecule has 0 aliphatic rings. The zero-order valence-corrected chi connectivity index (χ0v) is 16.5. The molecule has 1 rings (SSSR count). The molecule has 0 saturated heterocycles. The van der Waals surface area contributed by atoms with Crippen molar-refractivity contribution in [1.29, 1.82) is 0 Å². The molecule has 0 bridgehead atoms. The molecule has 0 aliphatic heterocycles. The first-order valence-corrected chi connectivity index (χ1v) is 9.08. The minimum Gasteiger partial charge on any atom is -0.392 e. The van der Waals surface area contributed by atoms with Gasteiger partial charge in [0.2, 0.25) is 0 Å². The molecular weight excluding hydrogens is 312 g/mol. The maximum Gasteiger partial charge on any atom is 0.0724 e. The molecule has 0 spiro atoms. The van der Waals surface area contributed by atoms with E-state index in [0.717, 1.165) is 24.2 Å². The number of hydrogen-bond donors (Lipinski definition) is 2. The Labute approximate surface area is 152 Å². The van der Waals surface area contributed by atoms with Crippen LogP contribution in [0.15, 0.2) is 46.3 Å². The highest BCUT2D eigenvalue weighted by molar-refractivity contribution is 5.48. The molecule has 0 fully saturated rings. The molecule has 0 saturated carbocycles. The van der Waals surface area contributed by atoms with Gasteiger partial charge in [0.1, 0.15) is 0 Å². The van der Waals surface area contributed by atoms with Gasteiger partial charge < -0.3 is 10.4 Å². The lowest BCUT2D eigenvalue weighted by atomic mass is 10.0. The van der Waals surface area contributed by atoms with E-state index in [9.17, 15) is 5.11 Å². The Hall–Kier alpha value is -1.88. The van der Waals surface area contributed by atoms with E-state index in [1.165, 1.54) is 5.57 Å². The van der Waals surface area contributed by atoms with Gasteiger partial charge in [0.25, 0.3) is 0 Å². The SMILES string of the molecule is C/C=C(\C)C(CCN(C)N=NC(C)C(C)C)Nc1cccc(CO)c1. The summed E-state index contributed by atoms with van der Waals surface area (Å²) in [5.41, 5.74) is 3.22. The normalized spacial score (nSPS) is 14.8. The molecule has 0 aliphatic carbocycles. The fourth-order valence-corrected chi connectivity index (χ4v) is 2.24. The lowest BCUT2D eigenvalue weighted by Gasteiger charge is -2.23. The first-order valence-electron chi connectivity index (χ1n) is 9.08. The van der Waals surface area contributed by atoms with E-state index in [0.29, 0.717) is 5.92 Å². The summed E-state index contributed by atoms with van der Waals surface area (Å²) in [6, 6.07) is 8.36. The van der Waals surface area contributed by atoms with Crippen LogP contribution in [0.25, 0.3) is 0 Å². The summed E-state index contributed by atoms with van der Waals surface area (Å²) in [5.74, 6) is 0.496. The van der Waals surface area contributed by atoms with Crippen LogP contribution in [0.3, 0.4) is 0 Å². The second kappa shape index (κ2) is 10.9. The summed E-state index contributed by atoms with van der Waals surface area (Å²) < 4.78 is 0. The summed E-state index contributed by atoms with van der Waals surface area (Å²) in [4.78, 5) is 0. The summed E-state index contributed by atoms with van der Waals surface area (Å²) in [7, 11) is 1.96. The maximum atomic E-state index is 9.30. The van der Waals surface area contributed by atoms with Gasteiger partial charge in [-0.1, -0.05) is 42.9 Å². The zero-order valence-electron chi connectivity index (χ0n) is 16.5. The van der Waals surface area contributed by atoms with Gasteiger partial charge in [-0.05, 0) is 50.8 Å². The van der Waals surface area contributed by atoms with Crippen molar-refractivity contribution in [3.05, 3.63) is 41.5 Å². The van der Waals surface area contributed by atoms with Crippen molar-refractivity contribution < 1.29 is 5.11 Å². The number of allylic oxidation sites excluding steroid dienone is 1. The molecule has 0 radical (unpaired) electrons. The van der Waals surface area contributed by atoms with Gasteiger partial charge in [-0.25, -0.2) is 0 Å². The summed E-state index contributed by atoms with van der Waals surface area (Å²) in [6.45, 7) is 11.5. The van der Waals surface area contributed by atoms with Crippen molar-refractivity contribution >= 4 is 5.69 Å². The van der Waals surface area contributed by atoms with Crippen molar-refractivity contribution in [3.63, 3.8) is 0 Å². The van der Waals surface area contributed by atoms with Crippen LogP contribution in [0, 0.1) is 5.92 Å². The van der Waals surface area contributed by atoms with Crippen LogP contribution in [0.5, 0.6) is 0 Å². The Morgan fingerprint density at radius 2 is 2.04 bits per heavy atom. The van der Waals surface area contributed by atoms with Crippen molar-refractivity contribution in [3.8, 4) is 0 Å². The summed E-state index contributed by atoms with van der Waals surface area (Å²) in [5, 5.41) is 23.4. The standard InChI is InChI=1S/C20H34N4O/c1-7-16(4)20(21-19-10-8-9-18(13-19)14-25)11-12-24(6)23-22-17(5)15(2)3/h7-10,13,15,17,20-21,25H,11-12,14H2,1-6H3/b16-7+,23-22?. The molecule has 0 heterocycles. The van der Waals surface area contributed by atoms with E-state index in [1.54, 1.807) is 0 Å². The molecule has 2 atom stereocenters. The summed E-state index contributed by atoms with van der Waals surface area (Å²) >= 11 is 0. The van der Waals surface area contributed by atoms with Crippen LogP contribution in [-0.2, 0) is 6.61 Å². The lowest BCUT2D eigenvalue weighted by molar-refractivity contribution is 0.282. The van der Waals surface area contributed by atoms with Gasteiger partial charge in [-0.3, -0.25) is 5.01 Å². The highest BCUT2D eigenvalue weighted by atomic mass is 16.3. The number of nitrogens with one attached hydrogen (secondary N) is 1. The van der Waals surface area contributed by atoms with Crippen molar-refractivity contribution in [2.45, 2.75) is 59.7 Å². The predicted molar refractivity (Wildman–Crippen MR) is 106 cm³/mol. The quantitative estimate of drug-likeness (QED) is 0.368. The fourth-order valence-electron chi connectivity index (χ4n) is 2.24. The van der Waals surface area contributed by atoms with E-state index in [4.69, 9.17) is 0 Å².